The van der Waals surface area contributed by atoms with Gasteiger partial charge in [0.25, 0.3) is 5.91 Å². The molecular weight excluding hydrogens is 412 g/mol. The highest BCUT2D eigenvalue weighted by atomic mass is 16.5. The molecule has 0 N–H and O–H groups in total. The molecule has 0 bridgehead atoms. The highest BCUT2D eigenvalue weighted by Gasteiger charge is 2.32. The highest BCUT2D eigenvalue weighted by molar-refractivity contribution is 5.98. The van der Waals surface area contributed by atoms with Gasteiger partial charge in [0.15, 0.2) is 0 Å². The predicted molar refractivity (Wildman–Crippen MR) is 129 cm³/mol. The fourth-order valence-electron chi connectivity index (χ4n) is 5.77. The molecule has 0 atom stereocenters. The molecule has 4 heterocycles. The molecule has 2 fully saturated rings. The van der Waals surface area contributed by atoms with Crippen LogP contribution < -0.4 is 4.90 Å². The maximum absolute atomic E-state index is 13.0. The Labute approximate surface area is 196 Å². The minimum atomic E-state index is 0.102. The number of nitrogens with zero attached hydrogens (tertiary/aromatic N) is 4. The Morgan fingerprint density at radius 2 is 1.91 bits per heavy atom. The Balaban J connectivity index is 1.12. The lowest BCUT2D eigenvalue weighted by atomic mass is 9.89. The lowest BCUT2D eigenvalue weighted by Crippen LogP contribution is -2.52. The molecule has 2 aromatic rings. The molecule has 4 aliphatic rings. The smallest absolute Gasteiger partial charge is 0.256 e. The first kappa shape index (κ1) is 21.1. The van der Waals surface area contributed by atoms with Gasteiger partial charge in [0.1, 0.15) is 5.82 Å². The van der Waals surface area contributed by atoms with E-state index in [0.29, 0.717) is 13.1 Å². The number of methoxy groups -OCH3 is 1. The number of hydrogen-bond donors (Lipinski definition) is 0. The predicted octanol–water partition coefficient (Wildman–Crippen LogP) is 3.42. The Bertz CT molecular complexity index is 1040. The number of rotatable bonds is 5. The highest BCUT2D eigenvalue weighted by Crippen LogP contribution is 2.30. The van der Waals surface area contributed by atoms with Crippen LogP contribution in [0.3, 0.4) is 0 Å². The van der Waals surface area contributed by atoms with Crippen LogP contribution in [0.4, 0.5) is 5.82 Å². The lowest BCUT2D eigenvalue weighted by molar-refractivity contribution is 0.0766. The zero-order valence-corrected chi connectivity index (χ0v) is 19.6. The van der Waals surface area contributed by atoms with Crippen LogP contribution in [0, 0.1) is 0 Å². The van der Waals surface area contributed by atoms with Crippen molar-refractivity contribution in [2.45, 2.75) is 63.8 Å². The number of benzene rings is 1. The number of anilines is 1. The van der Waals surface area contributed by atoms with Gasteiger partial charge in [-0.1, -0.05) is 24.6 Å². The summed E-state index contributed by atoms with van der Waals surface area (Å²) in [6.07, 6.45) is 9.77. The third-order valence-corrected chi connectivity index (χ3v) is 8.15. The minimum Gasteiger partial charge on any atom is -0.378 e. The molecule has 0 spiro atoms. The van der Waals surface area contributed by atoms with Crippen molar-refractivity contribution in [1.82, 2.24) is 14.8 Å². The van der Waals surface area contributed by atoms with Crippen molar-refractivity contribution in [3.63, 3.8) is 0 Å². The second-order valence-electron chi connectivity index (χ2n) is 10.2. The zero-order chi connectivity index (χ0) is 22.4. The second kappa shape index (κ2) is 8.73. The van der Waals surface area contributed by atoms with Gasteiger partial charge in [-0.3, -0.25) is 4.79 Å². The van der Waals surface area contributed by atoms with Crippen molar-refractivity contribution in [2.24, 2.45) is 0 Å². The third-order valence-electron chi connectivity index (χ3n) is 8.15. The van der Waals surface area contributed by atoms with E-state index >= 15 is 0 Å². The first-order chi connectivity index (χ1) is 16.2. The normalized spacial score (nSPS) is 21.8. The summed E-state index contributed by atoms with van der Waals surface area (Å²) in [4.78, 5) is 24.5. The molecule has 0 radical (unpaired) electrons. The average molecular weight is 447 g/mol. The number of fused-ring (bicyclic) bond motifs is 2. The molecular formula is C27H34N4O2. The van der Waals surface area contributed by atoms with E-state index in [2.05, 4.69) is 39.0 Å². The monoisotopic (exact) mass is 446 g/mol. The van der Waals surface area contributed by atoms with E-state index in [4.69, 9.17) is 4.74 Å². The van der Waals surface area contributed by atoms with E-state index in [1.807, 2.05) is 4.90 Å². The number of aryl methyl sites for hydroxylation is 1. The van der Waals surface area contributed by atoms with Crippen LogP contribution in [0.5, 0.6) is 0 Å². The van der Waals surface area contributed by atoms with Gasteiger partial charge in [-0.15, -0.1) is 0 Å². The molecule has 1 saturated carbocycles. The Hall–Kier alpha value is -2.44. The van der Waals surface area contributed by atoms with Crippen LogP contribution in [0.1, 0.15) is 58.3 Å². The van der Waals surface area contributed by atoms with Gasteiger partial charge in [0, 0.05) is 52.1 Å². The van der Waals surface area contributed by atoms with Crippen molar-refractivity contribution >= 4 is 11.7 Å². The fraction of sp³-hybridized carbons (Fsp3) is 0.556. The van der Waals surface area contributed by atoms with Crippen LogP contribution in [-0.2, 0) is 30.7 Å². The molecule has 6 rings (SSSR count). The number of carbonyl (C=O) groups excluding carboxylic acids is 1. The molecule has 6 heteroatoms. The van der Waals surface area contributed by atoms with E-state index in [1.54, 1.807) is 13.3 Å². The summed E-state index contributed by atoms with van der Waals surface area (Å²) in [7, 11) is 1.75. The topological polar surface area (TPSA) is 48.9 Å². The molecule has 1 saturated heterocycles. The lowest BCUT2D eigenvalue weighted by Gasteiger charge is -2.39. The van der Waals surface area contributed by atoms with Gasteiger partial charge in [0.05, 0.1) is 11.7 Å². The van der Waals surface area contributed by atoms with E-state index in [9.17, 15) is 4.79 Å². The quantitative estimate of drug-likeness (QED) is 0.705. The number of ether oxygens (including phenoxy) is 1. The van der Waals surface area contributed by atoms with Crippen LogP contribution in [0.15, 0.2) is 30.5 Å². The van der Waals surface area contributed by atoms with E-state index in [0.717, 1.165) is 48.9 Å². The number of hydrogen-bond acceptors (Lipinski definition) is 5. The number of aromatic nitrogens is 1. The molecule has 1 aliphatic carbocycles. The maximum atomic E-state index is 13.0. The Morgan fingerprint density at radius 1 is 1.03 bits per heavy atom. The fourth-order valence-corrected chi connectivity index (χ4v) is 5.77. The summed E-state index contributed by atoms with van der Waals surface area (Å²) in [6, 6.07) is 9.84. The SMILES string of the molecule is COC1CN(c2cc3c(cn2)C(=O)N(Cc2ccc4c(c2)CCCN(C2CCC2)CC4)C3)C1. The summed E-state index contributed by atoms with van der Waals surface area (Å²) in [5.74, 6) is 1.05. The molecule has 174 valence electrons. The number of pyridine rings is 1. The Morgan fingerprint density at radius 3 is 2.70 bits per heavy atom. The Kier molecular flexibility index (Phi) is 5.59. The summed E-state index contributed by atoms with van der Waals surface area (Å²) < 4.78 is 5.37. The molecule has 1 aromatic carbocycles. The summed E-state index contributed by atoms with van der Waals surface area (Å²) in [6.45, 7) is 5.49. The standard InChI is InChI=1S/C27H34N4O2/c1-33-24-17-30(18-24)26-13-22-16-31(27(32)25(22)14-28-26)15-19-7-8-20-9-11-29(23-5-2-6-23)10-3-4-21(20)12-19/h7-8,12-14,23-24H,2-6,9-11,15-18H2,1H3. The van der Waals surface area contributed by atoms with Gasteiger partial charge in [-0.05, 0) is 67.0 Å². The van der Waals surface area contributed by atoms with Crippen molar-refractivity contribution in [3.8, 4) is 0 Å². The molecule has 0 unspecified atom stereocenters. The van der Waals surface area contributed by atoms with Crippen molar-refractivity contribution in [2.75, 3.05) is 38.2 Å². The number of amides is 1. The van der Waals surface area contributed by atoms with Crippen molar-refractivity contribution in [3.05, 3.63) is 58.3 Å². The van der Waals surface area contributed by atoms with Gasteiger partial charge < -0.3 is 19.4 Å². The molecule has 1 amide bonds. The van der Waals surface area contributed by atoms with E-state index < -0.39 is 0 Å². The number of carbonyl (C=O) groups is 1. The van der Waals surface area contributed by atoms with Gasteiger partial charge in [-0.2, -0.15) is 0 Å². The third kappa shape index (κ3) is 4.04. The van der Waals surface area contributed by atoms with Crippen LogP contribution in [-0.4, -0.2) is 66.1 Å². The maximum Gasteiger partial charge on any atom is 0.256 e. The summed E-state index contributed by atoms with van der Waals surface area (Å²) in [5.41, 5.74) is 6.07. The minimum absolute atomic E-state index is 0.102. The molecule has 1 aromatic heterocycles. The van der Waals surface area contributed by atoms with Crippen LogP contribution >= 0.6 is 0 Å². The molecule has 33 heavy (non-hydrogen) atoms. The average Bonchev–Trinajstić information content (AvgIpc) is 3.04. The van der Waals surface area contributed by atoms with Crippen molar-refractivity contribution < 1.29 is 9.53 Å². The largest absolute Gasteiger partial charge is 0.378 e. The second-order valence-corrected chi connectivity index (χ2v) is 10.2. The summed E-state index contributed by atoms with van der Waals surface area (Å²) >= 11 is 0. The first-order valence-corrected chi connectivity index (χ1v) is 12.6. The van der Waals surface area contributed by atoms with Gasteiger partial charge in [0.2, 0.25) is 0 Å². The first-order valence-electron chi connectivity index (χ1n) is 12.6. The van der Waals surface area contributed by atoms with E-state index in [1.165, 1.54) is 55.5 Å². The van der Waals surface area contributed by atoms with Crippen LogP contribution in [0.2, 0.25) is 0 Å². The summed E-state index contributed by atoms with van der Waals surface area (Å²) in [5, 5.41) is 0. The van der Waals surface area contributed by atoms with Gasteiger partial charge >= 0.3 is 0 Å². The van der Waals surface area contributed by atoms with Crippen molar-refractivity contribution in [1.29, 1.82) is 0 Å². The van der Waals surface area contributed by atoms with Gasteiger partial charge in [-0.25, -0.2) is 4.98 Å². The molecule has 3 aliphatic heterocycles. The molecule has 6 nitrogen and oxygen atoms in total. The van der Waals surface area contributed by atoms with E-state index in [-0.39, 0.29) is 12.0 Å². The zero-order valence-electron chi connectivity index (χ0n) is 19.6. The van der Waals surface area contributed by atoms with Crippen LogP contribution in [0.25, 0.3) is 0 Å².